The van der Waals surface area contributed by atoms with E-state index in [0.29, 0.717) is 45.2 Å². The summed E-state index contributed by atoms with van der Waals surface area (Å²) in [5.74, 6) is -0.583. The number of anilines is 1. The van der Waals surface area contributed by atoms with E-state index in [1.54, 1.807) is 25.3 Å². The normalized spacial score (nSPS) is 14.6. The number of methoxy groups -OCH3 is 2. The summed E-state index contributed by atoms with van der Waals surface area (Å²) in [6.07, 6.45) is 2.15. The highest BCUT2D eigenvalue weighted by Gasteiger charge is 2.34. The highest BCUT2D eigenvalue weighted by Crippen LogP contribution is 2.39. The maximum absolute atomic E-state index is 13.0. The second-order valence-corrected chi connectivity index (χ2v) is 8.91. The molecule has 0 aromatic heterocycles. The maximum Gasteiger partial charge on any atom is 0.293 e. The third kappa shape index (κ3) is 6.58. The number of nitrogens with zero attached hydrogens (tertiary/aromatic N) is 1. The summed E-state index contributed by atoms with van der Waals surface area (Å²) in [7, 11) is 3.00. The molecule has 8 nitrogen and oxygen atoms in total. The van der Waals surface area contributed by atoms with Crippen LogP contribution in [0.2, 0.25) is 0 Å². The van der Waals surface area contributed by atoms with Gasteiger partial charge in [0.2, 0.25) is 0 Å². The molecule has 3 amide bonds. The molecule has 3 rings (SSSR count). The number of ether oxygens (including phenoxy) is 3. The Labute approximate surface area is 208 Å². The van der Waals surface area contributed by atoms with Crippen LogP contribution < -0.4 is 14.8 Å². The summed E-state index contributed by atoms with van der Waals surface area (Å²) in [6, 6.07) is 8.69. The molecule has 180 valence electrons. The van der Waals surface area contributed by atoms with Crippen LogP contribution in [0.1, 0.15) is 12.0 Å². The van der Waals surface area contributed by atoms with E-state index in [9.17, 15) is 18.8 Å². The van der Waals surface area contributed by atoms with Crippen LogP contribution >= 0.6 is 27.7 Å². The molecule has 0 radical (unpaired) electrons. The number of halogens is 2. The van der Waals surface area contributed by atoms with Crippen LogP contribution in [0.25, 0.3) is 6.08 Å². The summed E-state index contributed by atoms with van der Waals surface area (Å²) in [4.78, 5) is 38.5. The van der Waals surface area contributed by atoms with Crippen molar-refractivity contribution in [3.8, 4) is 11.5 Å². The van der Waals surface area contributed by atoms with E-state index >= 15 is 0 Å². The van der Waals surface area contributed by atoms with Gasteiger partial charge in [-0.05, 0) is 82.2 Å². The molecule has 1 N–H and O–H groups in total. The first-order chi connectivity index (χ1) is 16.3. The first-order valence-corrected chi connectivity index (χ1v) is 11.7. The largest absolute Gasteiger partial charge is 0.493 e. The van der Waals surface area contributed by atoms with Gasteiger partial charge < -0.3 is 19.5 Å². The van der Waals surface area contributed by atoms with Crippen molar-refractivity contribution < 1.29 is 33.0 Å². The van der Waals surface area contributed by atoms with Crippen molar-refractivity contribution in [3.63, 3.8) is 0 Å². The van der Waals surface area contributed by atoms with Crippen molar-refractivity contribution >= 4 is 56.5 Å². The molecule has 0 unspecified atom stereocenters. The van der Waals surface area contributed by atoms with Crippen molar-refractivity contribution in [2.45, 2.75) is 6.42 Å². The highest BCUT2D eigenvalue weighted by atomic mass is 79.9. The number of thioether (sulfide) groups is 1. The predicted molar refractivity (Wildman–Crippen MR) is 130 cm³/mol. The summed E-state index contributed by atoms with van der Waals surface area (Å²) in [5, 5.41) is 2.28. The fourth-order valence-electron chi connectivity index (χ4n) is 3.04. The lowest BCUT2D eigenvalue weighted by molar-refractivity contribution is -0.123. The van der Waals surface area contributed by atoms with Gasteiger partial charge in [0.1, 0.15) is 5.82 Å². The fourth-order valence-corrected chi connectivity index (χ4v) is 4.48. The van der Waals surface area contributed by atoms with Gasteiger partial charge >= 0.3 is 0 Å². The Balaban J connectivity index is 1.69. The van der Waals surface area contributed by atoms with Gasteiger partial charge in [-0.2, -0.15) is 0 Å². The molecule has 34 heavy (non-hydrogen) atoms. The van der Waals surface area contributed by atoms with Crippen molar-refractivity contribution in [2.24, 2.45) is 0 Å². The van der Waals surface area contributed by atoms with Crippen molar-refractivity contribution in [1.82, 2.24) is 4.90 Å². The van der Waals surface area contributed by atoms with Crippen molar-refractivity contribution in [1.29, 1.82) is 0 Å². The van der Waals surface area contributed by atoms with Gasteiger partial charge in [-0.3, -0.25) is 19.3 Å². The zero-order valence-electron chi connectivity index (χ0n) is 18.4. The Kier molecular flexibility index (Phi) is 9.08. The lowest BCUT2D eigenvalue weighted by Gasteiger charge is -2.14. The van der Waals surface area contributed by atoms with Gasteiger partial charge in [0.05, 0.1) is 16.5 Å². The Morgan fingerprint density at radius 2 is 1.94 bits per heavy atom. The summed E-state index contributed by atoms with van der Waals surface area (Å²) in [5.41, 5.74) is 1.04. The Morgan fingerprint density at radius 1 is 1.21 bits per heavy atom. The summed E-state index contributed by atoms with van der Waals surface area (Å²) in [6.45, 7) is 0.427. The zero-order valence-corrected chi connectivity index (χ0v) is 20.8. The molecule has 1 heterocycles. The van der Waals surface area contributed by atoms with Gasteiger partial charge in [-0.1, -0.05) is 0 Å². The van der Waals surface area contributed by atoms with Crippen LogP contribution in [0.15, 0.2) is 45.8 Å². The molecule has 2 aromatic carbocycles. The molecule has 1 saturated heterocycles. The molecule has 1 fully saturated rings. The molecule has 0 spiro atoms. The predicted octanol–water partition coefficient (Wildman–Crippen LogP) is 4.69. The standard InChI is InChI=1S/C23H22BrFN2O6S/c1-31-9-3-8-27-22(29)19(34-23(27)30)12-14-10-17(24)21(18(11-14)32-2)33-13-20(28)26-16-6-4-15(25)5-7-16/h4-7,10-12H,3,8-9,13H2,1-2H3,(H,26,28)/b19-12+. The first-order valence-electron chi connectivity index (χ1n) is 10.1. The second kappa shape index (κ2) is 12.0. The Morgan fingerprint density at radius 3 is 2.62 bits per heavy atom. The topological polar surface area (TPSA) is 94.2 Å². The molecule has 2 aromatic rings. The number of amides is 3. The number of carbonyl (C=O) groups is 3. The monoisotopic (exact) mass is 552 g/mol. The molecular weight excluding hydrogens is 531 g/mol. The van der Waals surface area contributed by atoms with Crippen LogP contribution in [0.5, 0.6) is 11.5 Å². The van der Waals surface area contributed by atoms with E-state index in [1.165, 1.54) is 36.3 Å². The molecule has 0 saturated carbocycles. The molecule has 1 aliphatic rings. The van der Waals surface area contributed by atoms with E-state index in [0.717, 1.165) is 11.8 Å². The minimum atomic E-state index is -0.438. The molecule has 0 atom stereocenters. The van der Waals surface area contributed by atoms with Crippen LogP contribution in [0.3, 0.4) is 0 Å². The SMILES string of the molecule is COCCCN1C(=O)S/C(=C/c2cc(Br)c(OCC(=O)Nc3ccc(F)cc3)c(OC)c2)C1=O. The number of carbonyl (C=O) groups excluding carboxylic acids is 3. The molecule has 0 bridgehead atoms. The summed E-state index contributed by atoms with van der Waals surface area (Å²) >= 11 is 4.27. The van der Waals surface area contributed by atoms with Gasteiger partial charge in [0.25, 0.3) is 17.1 Å². The van der Waals surface area contributed by atoms with Gasteiger partial charge in [-0.15, -0.1) is 0 Å². The van der Waals surface area contributed by atoms with Gasteiger partial charge in [-0.25, -0.2) is 4.39 Å². The van der Waals surface area contributed by atoms with Crippen molar-refractivity contribution in [2.75, 3.05) is 39.3 Å². The lowest BCUT2D eigenvalue weighted by Crippen LogP contribution is -2.29. The minimum Gasteiger partial charge on any atom is -0.493 e. The highest BCUT2D eigenvalue weighted by molar-refractivity contribution is 9.10. The fraction of sp³-hybridized carbons (Fsp3) is 0.261. The van der Waals surface area contributed by atoms with E-state index in [1.807, 2.05) is 0 Å². The number of hydrogen-bond acceptors (Lipinski definition) is 7. The molecule has 1 aliphatic heterocycles. The molecule has 11 heteroatoms. The van der Waals surface area contributed by atoms with E-state index in [-0.39, 0.29) is 24.3 Å². The quantitative estimate of drug-likeness (QED) is 0.337. The number of rotatable bonds is 10. The van der Waals surface area contributed by atoms with Crippen LogP contribution in [0, 0.1) is 5.82 Å². The van der Waals surface area contributed by atoms with Crippen molar-refractivity contribution in [3.05, 3.63) is 57.2 Å². The average Bonchev–Trinajstić information content (AvgIpc) is 3.07. The third-order valence-electron chi connectivity index (χ3n) is 4.63. The summed E-state index contributed by atoms with van der Waals surface area (Å²) < 4.78 is 29.5. The average molecular weight is 553 g/mol. The van der Waals surface area contributed by atoms with E-state index < -0.39 is 11.7 Å². The molecule has 0 aliphatic carbocycles. The van der Waals surface area contributed by atoms with E-state index in [4.69, 9.17) is 14.2 Å². The molecular formula is C23H22BrFN2O6S. The van der Waals surface area contributed by atoms with E-state index in [2.05, 4.69) is 21.2 Å². The number of benzene rings is 2. The Hall–Kier alpha value is -2.89. The third-order valence-corrected chi connectivity index (χ3v) is 6.13. The van der Waals surface area contributed by atoms with Crippen LogP contribution in [-0.4, -0.2) is 55.9 Å². The smallest absolute Gasteiger partial charge is 0.293 e. The van der Waals surface area contributed by atoms with Crippen LogP contribution in [0.4, 0.5) is 14.9 Å². The van der Waals surface area contributed by atoms with Gasteiger partial charge in [0.15, 0.2) is 18.1 Å². The Bertz CT molecular complexity index is 1110. The van der Waals surface area contributed by atoms with Crippen LogP contribution in [-0.2, 0) is 14.3 Å². The second-order valence-electron chi connectivity index (χ2n) is 7.06. The number of hydrogen-bond donors (Lipinski definition) is 1. The first kappa shape index (κ1) is 25.7. The van der Waals surface area contributed by atoms with Gasteiger partial charge in [0, 0.05) is 25.9 Å². The maximum atomic E-state index is 13.0. The zero-order chi connectivity index (χ0) is 24.7. The lowest BCUT2D eigenvalue weighted by atomic mass is 10.2. The number of imide groups is 1. The minimum absolute atomic E-state index is 0.287. The number of nitrogens with one attached hydrogen (secondary N) is 1.